The summed E-state index contributed by atoms with van der Waals surface area (Å²) >= 11 is 0. The molecule has 2 fully saturated rings. The third kappa shape index (κ3) is 12.6. The standard InChI is InChI=1S/C43H51F2N9O11S.Na/c1-5-39(29(2)63-42(57)65-30(3)64-40(55)22-49(4)66(58,59)60)54-41(56)53(28-48-54)35-9-7-33(8-10-35)50-16-18-51(19-17-50)34-11-13-36(14-12-34)61-23-31-21-43(62-24-31,25-52-27-46-26-47-52)37-15-6-32(44)20-38(37)45;/h6-15,20,26-31,39H,5,16-19,21-25H2,1-4H3,(H,58,59,60);/q;+1/p-1/t29?,30?,31-,39+,43+;/m1./s1. The molecule has 2 unspecified atom stereocenters. The summed E-state index contributed by atoms with van der Waals surface area (Å²) in [6.07, 6.45) is 1.53. The van der Waals surface area contributed by atoms with Gasteiger partial charge in [-0.3, -0.25) is 4.79 Å². The number of hydrogen-bond donors (Lipinski definition) is 0. The molecular weight excluding hydrogens is 912 g/mol. The molecule has 5 atom stereocenters. The summed E-state index contributed by atoms with van der Waals surface area (Å²) in [5, 5.41) is 8.46. The molecule has 0 amide bonds. The minimum absolute atomic E-state index is 0. The molecule has 3 aromatic carbocycles. The number of benzene rings is 3. The first-order valence-electron chi connectivity index (χ1n) is 21.2. The van der Waals surface area contributed by atoms with E-state index >= 15 is 4.39 Å². The Hall–Kier alpha value is -5.43. The number of esters is 1. The van der Waals surface area contributed by atoms with Crippen LogP contribution >= 0.6 is 0 Å². The van der Waals surface area contributed by atoms with Crippen molar-refractivity contribution in [2.75, 3.05) is 62.8 Å². The first kappa shape index (κ1) is 51.0. The molecule has 20 nitrogen and oxygen atoms in total. The van der Waals surface area contributed by atoms with Crippen molar-refractivity contribution in [3.63, 3.8) is 0 Å². The van der Waals surface area contributed by atoms with Crippen LogP contribution in [0, 0.1) is 17.6 Å². The number of hydrogen-bond acceptors (Lipinski definition) is 16. The van der Waals surface area contributed by atoms with Crippen molar-refractivity contribution in [3.05, 3.63) is 113 Å². The van der Waals surface area contributed by atoms with Gasteiger partial charge in [0, 0.05) is 69.1 Å². The fraction of sp³-hybridized carbons (Fsp3) is 0.442. The van der Waals surface area contributed by atoms with E-state index in [1.807, 2.05) is 48.5 Å². The number of halogens is 2. The van der Waals surface area contributed by atoms with Crippen LogP contribution in [0.1, 0.15) is 45.2 Å². The fourth-order valence-electron chi connectivity index (χ4n) is 8.13. The van der Waals surface area contributed by atoms with Gasteiger partial charge in [-0.05, 0) is 74.4 Å². The van der Waals surface area contributed by atoms with Crippen molar-refractivity contribution in [1.29, 1.82) is 0 Å². The van der Waals surface area contributed by atoms with Crippen LogP contribution < -0.4 is 49.8 Å². The molecule has 0 saturated carbocycles. The van der Waals surface area contributed by atoms with E-state index < -0.39 is 70.3 Å². The predicted molar refractivity (Wildman–Crippen MR) is 231 cm³/mol. The molecule has 0 aliphatic carbocycles. The Labute approximate surface area is 407 Å². The van der Waals surface area contributed by atoms with Crippen LogP contribution in [0.25, 0.3) is 5.69 Å². The van der Waals surface area contributed by atoms with Gasteiger partial charge in [-0.15, -0.1) is 0 Å². The monoisotopic (exact) mass is 961 g/mol. The van der Waals surface area contributed by atoms with E-state index in [0.717, 1.165) is 50.7 Å². The van der Waals surface area contributed by atoms with Crippen molar-refractivity contribution in [2.24, 2.45) is 5.92 Å². The van der Waals surface area contributed by atoms with Gasteiger partial charge >= 0.3 is 47.4 Å². The van der Waals surface area contributed by atoms with Crippen molar-refractivity contribution in [2.45, 2.75) is 64.2 Å². The molecule has 0 spiro atoms. The molecule has 4 heterocycles. The van der Waals surface area contributed by atoms with Crippen LogP contribution in [0.3, 0.4) is 0 Å². The Morgan fingerprint density at radius 3 is 2.16 bits per heavy atom. The summed E-state index contributed by atoms with van der Waals surface area (Å²) in [6.45, 7) is 7.60. The molecule has 0 radical (unpaired) electrons. The summed E-state index contributed by atoms with van der Waals surface area (Å²) in [5.74, 6) is -1.83. The van der Waals surface area contributed by atoms with E-state index in [1.165, 1.54) is 47.3 Å². The fourth-order valence-corrected chi connectivity index (χ4v) is 8.39. The van der Waals surface area contributed by atoms with Crippen LogP contribution in [0.5, 0.6) is 5.75 Å². The Morgan fingerprint density at radius 1 is 0.925 bits per heavy atom. The number of rotatable bonds is 18. The van der Waals surface area contributed by atoms with E-state index in [4.69, 9.17) is 23.7 Å². The summed E-state index contributed by atoms with van der Waals surface area (Å²) in [4.78, 5) is 46.5. The van der Waals surface area contributed by atoms with E-state index in [0.29, 0.717) is 37.5 Å². The van der Waals surface area contributed by atoms with Crippen molar-refractivity contribution >= 4 is 33.8 Å². The minimum Gasteiger partial charge on any atom is -0.735 e. The largest absolute Gasteiger partial charge is 1.00 e. The van der Waals surface area contributed by atoms with E-state index in [2.05, 4.69) is 25.0 Å². The predicted octanol–water partition coefficient (Wildman–Crippen LogP) is 1.02. The van der Waals surface area contributed by atoms with Crippen LogP contribution in [-0.4, -0.2) is 124 Å². The van der Waals surface area contributed by atoms with Crippen LogP contribution in [0.15, 0.2) is 90.5 Å². The number of carbonyl (C=O) groups excluding carboxylic acids is 2. The molecule has 2 aliphatic rings. The Bertz CT molecular complexity index is 2620. The number of anilines is 2. The molecule has 67 heavy (non-hydrogen) atoms. The molecule has 0 N–H and O–H groups in total. The number of aromatic nitrogens is 6. The van der Waals surface area contributed by atoms with Gasteiger partial charge in [0.05, 0.1) is 31.5 Å². The average Bonchev–Trinajstić information content (AvgIpc) is 4.04. The number of nitrogens with zero attached hydrogens (tertiary/aromatic N) is 9. The summed E-state index contributed by atoms with van der Waals surface area (Å²) in [7, 11) is -3.97. The van der Waals surface area contributed by atoms with Crippen LogP contribution in [0.4, 0.5) is 25.0 Å². The van der Waals surface area contributed by atoms with Crippen LogP contribution in [0.2, 0.25) is 0 Å². The number of likely N-dealkylation sites (N-methyl/N-ethyl adjacent to an activating group) is 1. The van der Waals surface area contributed by atoms with Gasteiger partial charge in [0.1, 0.15) is 54.6 Å². The summed E-state index contributed by atoms with van der Waals surface area (Å²) in [5.41, 5.74) is 1.37. The number of piperazine rings is 1. The Balaban J connectivity index is 0.00000741. The first-order chi connectivity index (χ1) is 31.5. The Morgan fingerprint density at radius 2 is 1.57 bits per heavy atom. The van der Waals surface area contributed by atoms with Gasteiger partial charge in [-0.1, -0.05) is 13.0 Å². The molecule has 5 aromatic rings. The second-order valence-electron chi connectivity index (χ2n) is 16.1. The quantitative estimate of drug-likeness (QED) is 0.0518. The second kappa shape index (κ2) is 22.1. The van der Waals surface area contributed by atoms with Gasteiger partial charge in [0.15, 0.2) is 10.3 Å². The SMILES string of the molecule is CC[C@@H](C(C)OC(=O)OC(C)OC(=O)CN(C)S(=O)(=O)[O-])n1ncn(-c2ccc(N3CCN(c4ccc(OC[C@@H]5CO[C@@](Cn6cncn6)(c6ccc(F)cc6F)C5)cc4)CC3)cc2)c1=O.[Na+]. The van der Waals surface area contributed by atoms with E-state index in [9.17, 15) is 31.7 Å². The van der Waals surface area contributed by atoms with Gasteiger partial charge in [0.2, 0.25) is 6.29 Å². The normalized spacial score (nSPS) is 18.8. The summed E-state index contributed by atoms with van der Waals surface area (Å²) < 4.78 is 93.8. The second-order valence-corrected chi connectivity index (χ2v) is 17.5. The minimum atomic E-state index is -4.87. The molecule has 7 rings (SSSR count). The third-order valence-electron chi connectivity index (χ3n) is 11.5. The van der Waals surface area contributed by atoms with Crippen molar-refractivity contribution in [3.8, 4) is 11.4 Å². The zero-order chi connectivity index (χ0) is 47.2. The van der Waals surface area contributed by atoms with E-state index in [1.54, 1.807) is 18.5 Å². The van der Waals surface area contributed by atoms with Crippen LogP contribution in [-0.2, 0) is 46.2 Å². The maximum absolute atomic E-state index is 15.0. The molecule has 2 aliphatic heterocycles. The molecule has 0 bridgehead atoms. The summed E-state index contributed by atoms with van der Waals surface area (Å²) in [6, 6.07) is 18.3. The average molecular weight is 962 g/mol. The van der Waals surface area contributed by atoms with Gasteiger partial charge in [-0.25, -0.2) is 50.0 Å². The number of ether oxygens (including phenoxy) is 5. The zero-order valence-corrected chi connectivity index (χ0v) is 40.5. The van der Waals surface area contributed by atoms with Gasteiger partial charge in [0.25, 0.3) is 0 Å². The van der Waals surface area contributed by atoms with Gasteiger partial charge in [-0.2, -0.15) is 10.2 Å². The molecule has 2 saturated heterocycles. The molecule has 24 heteroatoms. The Kier molecular flexibility index (Phi) is 16.8. The topological polar surface area (TPSA) is 218 Å². The van der Waals surface area contributed by atoms with Crippen molar-refractivity contribution in [1.82, 2.24) is 33.4 Å². The molecular formula is C43H50F2N9NaO11S. The van der Waals surface area contributed by atoms with E-state index in [-0.39, 0.29) is 51.9 Å². The molecule has 354 valence electrons. The van der Waals surface area contributed by atoms with Gasteiger partial charge < -0.3 is 38.0 Å². The smallest absolute Gasteiger partial charge is 0.735 e. The first-order valence-corrected chi connectivity index (χ1v) is 22.5. The maximum atomic E-state index is 15.0. The molecule has 2 aromatic heterocycles. The van der Waals surface area contributed by atoms with Crippen molar-refractivity contribution < 1.29 is 84.6 Å². The maximum Gasteiger partial charge on any atom is 1.00 e. The number of carbonyl (C=O) groups is 2. The third-order valence-corrected chi connectivity index (χ3v) is 12.4. The zero-order valence-electron chi connectivity index (χ0n) is 37.6.